The minimum atomic E-state index is -0.287. The molecule has 7 heteroatoms. The van der Waals surface area contributed by atoms with Gasteiger partial charge in [0.2, 0.25) is 0 Å². The van der Waals surface area contributed by atoms with Crippen molar-refractivity contribution in [2.45, 2.75) is 25.8 Å². The fraction of sp³-hybridized carbons (Fsp3) is 0.692. The number of anilines is 1. The number of aromatic amines is 1. The third kappa shape index (κ3) is 3.31. The molecule has 0 aliphatic carbocycles. The molecule has 2 heterocycles. The van der Waals surface area contributed by atoms with E-state index in [9.17, 15) is 4.79 Å². The van der Waals surface area contributed by atoms with Gasteiger partial charge in [0.25, 0.3) is 5.56 Å². The summed E-state index contributed by atoms with van der Waals surface area (Å²) in [6, 6.07) is 0.449. The maximum Gasteiger partial charge on any atom is 0.271 e. The summed E-state index contributed by atoms with van der Waals surface area (Å²) in [5, 5.41) is 0.171. The Labute approximate surface area is 123 Å². The Hall–Kier alpha value is -1.11. The predicted octanol–water partition coefficient (Wildman–Crippen LogP) is 0.673. The lowest BCUT2D eigenvalue weighted by Crippen LogP contribution is -2.52. The van der Waals surface area contributed by atoms with E-state index in [-0.39, 0.29) is 10.6 Å². The van der Waals surface area contributed by atoms with E-state index in [4.69, 9.17) is 17.3 Å². The van der Waals surface area contributed by atoms with Gasteiger partial charge in [-0.15, -0.1) is 0 Å². The number of nitrogens with one attached hydrogen (secondary N) is 1. The van der Waals surface area contributed by atoms with Crippen molar-refractivity contribution in [2.24, 2.45) is 5.73 Å². The predicted molar refractivity (Wildman–Crippen MR) is 81.4 cm³/mol. The van der Waals surface area contributed by atoms with Crippen molar-refractivity contribution in [1.29, 1.82) is 0 Å². The number of H-pyrrole nitrogens is 1. The first-order valence-corrected chi connectivity index (χ1v) is 7.47. The van der Waals surface area contributed by atoms with E-state index in [2.05, 4.69) is 26.7 Å². The summed E-state index contributed by atoms with van der Waals surface area (Å²) in [6.07, 6.45) is 3.67. The van der Waals surface area contributed by atoms with Gasteiger partial charge in [0, 0.05) is 38.8 Å². The fourth-order valence-electron chi connectivity index (χ4n) is 2.68. The van der Waals surface area contributed by atoms with Crippen molar-refractivity contribution in [3.8, 4) is 0 Å². The molecular weight excluding hydrogens is 278 g/mol. The number of aromatic nitrogens is 2. The van der Waals surface area contributed by atoms with E-state index in [0.717, 1.165) is 39.0 Å². The largest absolute Gasteiger partial charge is 0.353 e. The molecule has 2 rings (SSSR count). The van der Waals surface area contributed by atoms with Gasteiger partial charge in [-0.05, 0) is 6.42 Å². The summed E-state index contributed by atoms with van der Waals surface area (Å²) >= 11 is 6.02. The van der Waals surface area contributed by atoms with Gasteiger partial charge in [0.05, 0.1) is 6.33 Å². The number of nitrogens with two attached hydrogens (primary N) is 1. The Morgan fingerprint density at radius 3 is 2.75 bits per heavy atom. The number of rotatable bonds is 5. The average Bonchev–Trinajstić information content (AvgIpc) is 2.48. The summed E-state index contributed by atoms with van der Waals surface area (Å²) < 4.78 is 0. The molecule has 1 fully saturated rings. The fourth-order valence-corrected chi connectivity index (χ4v) is 2.90. The number of halogens is 1. The molecule has 112 valence electrons. The van der Waals surface area contributed by atoms with Crippen LogP contribution in [-0.4, -0.2) is 53.6 Å². The molecule has 1 aliphatic heterocycles. The van der Waals surface area contributed by atoms with Crippen LogP contribution in [0.3, 0.4) is 0 Å². The maximum absolute atomic E-state index is 11.5. The molecule has 0 bridgehead atoms. The van der Waals surface area contributed by atoms with Gasteiger partial charge in [-0.1, -0.05) is 24.9 Å². The molecule has 6 nitrogen and oxygen atoms in total. The molecular formula is C13H22ClN5O. The summed E-state index contributed by atoms with van der Waals surface area (Å²) in [5.74, 6) is 0.579. The minimum absolute atomic E-state index is 0.171. The van der Waals surface area contributed by atoms with Gasteiger partial charge >= 0.3 is 0 Å². The highest BCUT2D eigenvalue weighted by Gasteiger charge is 2.24. The van der Waals surface area contributed by atoms with Crippen LogP contribution >= 0.6 is 11.6 Å². The van der Waals surface area contributed by atoms with Crippen LogP contribution in [0, 0.1) is 0 Å². The van der Waals surface area contributed by atoms with Crippen LogP contribution in [0.25, 0.3) is 0 Å². The van der Waals surface area contributed by atoms with E-state index < -0.39 is 0 Å². The van der Waals surface area contributed by atoms with E-state index in [0.29, 0.717) is 18.4 Å². The molecule has 0 amide bonds. The topological polar surface area (TPSA) is 78.2 Å². The van der Waals surface area contributed by atoms with Crippen molar-refractivity contribution in [1.82, 2.24) is 14.9 Å². The molecule has 3 N–H and O–H groups in total. The summed E-state index contributed by atoms with van der Waals surface area (Å²) in [5.41, 5.74) is 5.56. The Morgan fingerprint density at radius 2 is 2.15 bits per heavy atom. The van der Waals surface area contributed by atoms with Crippen LogP contribution in [-0.2, 0) is 0 Å². The molecule has 1 unspecified atom stereocenters. The lowest BCUT2D eigenvalue weighted by atomic mass is 10.1. The van der Waals surface area contributed by atoms with Crippen LogP contribution < -0.4 is 16.2 Å². The number of piperazine rings is 1. The van der Waals surface area contributed by atoms with Crippen LogP contribution in [0.2, 0.25) is 5.02 Å². The molecule has 1 atom stereocenters. The van der Waals surface area contributed by atoms with Gasteiger partial charge in [0.15, 0.2) is 5.82 Å². The second-order valence-corrected chi connectivity index (χ2v) is 5.45. The molecule has 1 saturated heterocycles. The second kappa shape index (κ2) is 7.06. The van der Waals surface area contributed by atoms with Crippen molar-refractivity contribution in [3.63, 3.8) is 0 Å². The van der Waals surface area contributed by atoms with Crippen LogP contribution in [0.15, 0.2) is 11.1 Å². The second-order valence-electron chi connectivity index (χ2n) is 5.07. The van der Waals surface area contributed by atoms with Gasteiger partial charge in [-0.2, -0.15) is 0 Å². The zero-order chi connectivity index (χ0) is 14.5. The lowest BCUT2D eigenvalue weighted by molar-refractivity contribution is 0.179. The Bertz CT molecular complexity index is 484. The smallest absolute Gasteiger partial charge is 0.271 e. The van der Waals surface area contributed by atoms with Crippen LogP contribution in [0.4, 0.5) is 5.82 Å². The van der Waals surface area contributed by atoms with Crippen molar-refractivity contribution in [3.05, 3.63) is 21.7 Å². The van der Waals surface area contributed by atoms with Gasteiger partial charge < -0.3 is 15.6 Å². The Balaban J connectivity index is 2.00. The van der Waals surface area contributed by atoms with E-state index >= 15 is 0 Å². The first-order chi connectivity index (χ1) is 9.67. The summed E-state index contributed by atoms with van der Waals surface area (Å²) in [7, 11) is 0. The minimum Gasteiger partial charge on any atom is -0.353 e. The molecule has 1 aliphatic rings. The third-order valence-corrected chi connectivity index (χ3v) is 4.14. The quantitative estimate of drug-likeness (QED) is 0.836. The zero-order valence-electron chi connectivity index (χ0n) is 11.8. The molecule has 0 radical (unpaired) electrons. The third-order valence-electron chi connectivity index (χ3n) is 3.80. The first-order valence-electron chi connectivity index (χ1n) is 7.09. The van der Waals surface area contributed by atoms with E-state index in [1.165, 1.54) is 6.33 Å². The first kappa shape index (κ1) is 15.3. The number of hydrogen-bond donors (Lipinski definition) is 2. The highest BCUT2D eigenvalue weighted by Crippen LogP contribution is 2.20. The highest BCUT2D eigenvalue weighted by molar-refractivity contribution is 6.32. The van der Waals surface area contributed by atoms with Gasteiger partial charge in [-0.25, -0.2) is 4.98 Å². The van der Waals surface area contributed by atoms with Crippen molar-refractivity contribution < 1.29 is 0 Å². The van der Waals surface area contributed by atoms with Crippen molar-refractivity contribution in [2.75, 3.05) is 37.6 Å². The van der Waals surface area contributed by atoms with Crippen LogP contribution in [0.5, 0.6) is 0 Å². The SMILES string of the molecule is CCCC(CN)N1CCN(c2nc[nH]c(=O)c2Cl)CC1. The number of hydrogen-bond acceptors (Lipinski definition) is 5. The highest BCUT2D eigenvalue weighted by atomic mass is 35.5. The Morgan fingerprint density at radius 1 is 1.45 bits per heavy atom. The van der Waals surface area contributed by atoms with Crippen molar-refractivity contribution >= 4 is 17.4 Å². The number of nitrogens with zero attached hydrogens (tertiary/aromatic N) is 3. The lowest BCUT2D eigenvalue weighted by Gasteiger charge is -2.39. The zero-order valence-corrected chi connectivity index (χ0v) is 12.6. The molecule has 0 spiro atoms. The van der Waals surface area contributed by atoms with Gasteiger partial charge in [0.1, 0.15) is 5.02 Å². The Kier molecular flexibility index (Phi) is 5.39. The van der Waals surface area contributed by atoms with Gasteiger partial charge in [-0.3, -0.25) is 9.69 Å². The normalized spacial score (nSPS) is 18.2. The monoisotopic (exact) mass is 299 g/mol. The van der Waals surface area contributed by atoms with E-state index in [1.54, 1.807) is 0 Å². The standard InChI is InChI=1S/C13H22ClN5O/c1-2-3-10(8-15)18-4-6-19(7-5-18)12-11(14)13(20)17-9-16-12/h9-10H,2-8,15H2,1H3,(H,16,17,20). The summed E-state index contributed by atoms with van der Waals surface area (Å²) in [4.78, 5) is 22.7. The molecule has 0 aromatic carbocycles. The van der Waals surface area contributed by atoms with E-state index in [1.807, 2.05) is 0 Å². The molecule has 1 aromatic rings. The molecule has 0 saturated carbocycles. The molecule has 1 aromatic heterocycles. The maximum atomic E-state index is 11.5. The summed E-state index contributed by atoms with van der Waals surface area (Å²) in [6.45, 7) is 6.35. The molecule has 20 heavy (non-hydrogen) atoms. The van der Waals surface area contributed by atoms with Crippen LogP contribution in [0.1, 0.15) is 19.8 Å². The average molecular weight is 300 g/mol.